The number of carbonyl (C=O) groups is 1. The van der Waals surface area contributed by atoms with Gasteiger partial charge in [0.25, 0.3) is 0 Å². The van der Waals surface area contributed by atoms with Gasteiger partial charge in [0, 0.05) is 11.8 Å². The summed E-state index contributed by atoms with van der Waals surface area (Å²) in [6.07, 6.45) is 3.05. The van der Waals surface area contributed by atoms with E-state index in [1.165, 1.54) is 25.5 Å². The van der Waals surface area contributed by atoms with E-state index in [9.17, 15) is 4.79 Å². The van der Waals surface area contributed by atoms with Gasteiger partial charge in [-0.05, 0) is 29.8 Å². The second-order valence-electron chi connectivity index (χ2n) is 4.62. The third kappa shape index (κ3) is 4.42. The maximum Gasteiger partial charge on any atom is 0.335 e. The second kappa shape index (κ2) is 7.77. The minimum Gasteiger partial charge on any atom is -0.502 e. The van der Waals surface area contributed by atoms with Crippen LogP contribution in [0, 0.1) is 0 Å². The van der Waals surface area contributed by atoms with E-state index in [1.807, 2.05) is 0 Å². The predicted molar refractivity (Wildman–Crippen MR) is 87.8 cm³/mol. The van der Waals surface area contributed by atoms with Gasteiger partial charge in [-0.2, -0.15) is 0 Å². The van der Waals surface area contributed by atoms with Crippen LogP contribution < -0.4 is 5.48 Å². The Balaban J connectivity index is 2.26. The van der Waals surface area contributed by atoms with E-state index in [-0.39, 0.29) is 5.56 Å². The van der Waals surface area contributed by atoms with Crippen LogP contribution in [0.4, 0.5) is 5.69 Å². The fourth-order valence-corrected chi connectivity index (χ4v) is 1.90. The van der Waals surface area contributed by atoms with Crippen molar-refractivity contribution in [1.29, 1.82) is 0 Å². The Morgan fingerprint density at radius 3 is 2.52 bits per heavy atom. The molecule has 2 aromatic rings. The van der Waals surface area contributed by atoms with Crippen molar-refractivity contribution in [1.82, 2.24) is 0 Å². The zero-order chi connectivity index (χ0) is 16.7. The van der Waals surface area contributed by atoms with Crippen LogP contribution in [0.15, 0.2) is 59.8 Å². The van der Waals surface area contributed by atoms with Gasteiger partial charge in [-0.15, -0.1) is 0 Å². The Morgan fingerprint density at radius 1 is 1.17 bits per heavy atom. The van der Waals surface area contributed by atoms with Gasteiger partial charge >= 0.3 is 5.97 Å². The number of rotatable bonds is 6. The van der Waals surface area contributed by atoms with Crippen molar-refractivity contribution in [2.24, 2.45) is 4.99 Å². The normalized spacial score (nSPS) is 11.5. The third-order valence-electron chi connectivity index (χ3n) is 3.03. The standard InChI is InChI=1S/C17H16N2O4/c1-23-11-16(13-5-7-15(19-22)8-6-13)18-10-12-3-2-4-14(9-12)17(20)21/h2-11,19,22H,1H3,(H,20,21)/b16-11-,18-10?. The maximum absolute atomic E-state index is 11.0. The summed E-state index contributed by atoms with van der Waals surface area (Å²) in [5, 5.41) is 17.8. The fraction of sp³-hybridized carbons (Fsp3) is 0.0588. The molecule has 0 radical (unpaired) electrons. The molecule has 2 rings (SSSR count). The highest BCUT2D eigenvalue weighted by Gasteiger charge is 2.03. The number of anilines is 1. The minimum absolute atomic E-state index is 0.199. The lowest BCUT2D eigenvalue weighted by molar-refractivity contribution is 0.0697. The average molecular weight is 312 g/mol. The fourth-order valence-electron chi connectivity index (χ4n) is 1.90. The lowest BCUT2D eigenvalue weighted by atomic mass is 10.1. The van der Waals surface area contributed by atoms with E-state index in [2.05, 4.69) is 10.5 Å². The average Bonchev–Trinajstić information content (AvgIpc) is 2.59. The molecule has 6 nitrogen and oxygen atoms in total. The topological polar surface area (TPSA) is 91.2 Å². The van der Waals surface area contributed by atoms with Gasteiger partial charge in [-0.3, -0.25) is 15.7 Å². The molecule has 23 heavy (non-hydrogen) atoms. The van der Waals surface area contributed by atoms with Gasteiger partial charge in [0.1, 0.15) is 12.0 Å². The number of methoxy groups -OCH3 is 1. The van der Waals surface area contributed by atoms with Crippen LogP contribution in [-0.2, 0) is 4.74 Å². The smallest absolute Gasteiger partial charge is 0.335 e. The van der Waals surface area contributed by atoms with E-state index in [4.69, 9.17) is 15.1 Å². The van der Waals surface area contributed by atoms with Crippen LogP contribution in [0.1, 0.15) is 21.5 Å². The Kier molecular flexibility index (Phi) is 5.49. The second-order valence-corrected chi connectivity index (χ2v) is 4.62. The molecule has 0 fully saturated rings. The molecule has 0 spiro atoms. The van der Waals surface area contributed by atoms with Crippen LogP contribution in [0.2, 0.25) is 0 Å². The molecule has 0 atom stereocenters. The number of carboxylic acid groups (broad SMARTS) is 1. The van der Waals surface area contributed by atoms with E-state index in [1.54, 1.807) is 42.6 Å². The predicted octanol–water partition coefficient (Wildman–Crippen LogP) is 3.25. The first-order valence-corrected chi connectivity index (χ1v) is 6.75. The van der Waals surface area contributed by atoms with E-state index in [0.29, 0.717) is 16.9 Å². The zero-order valence-corrected chi connectivity index (χ0v) is 12.4. The van der Waals surface area contributed by atoms with Crippen LogP contribution >= 0.6 is 0 Å². The number of nitrogens with zero attached hydrogens (tertiary/aromatic N) is 1. The number of nitrogens with one attached hydrogen (secondary N) is 1. The summed E-state index contributed by atoms with van der Waals surface area (Å²) < 4.78 is 5.03. The zero-order valence-electron chi connectivity index (χ0n) is 12.4. The lowest BCUT2D eigenvalue weighted by Gasteiger charge is -2.04. The molecule has 0 bridgehead atoms. The minimum atomic E-state index is -0.986. The molecular formula is C17H16N2O4. The van der Waals surface area contributed by atoms with Crippen LogP contribution in [0.25, 0.3) is 5.70 Å². The molecule has 118 valence electrons. The highest BCUT2D eigenvalue weighted by Crippen LogP contribution is 2.18. The Labute approximate surface area is 133 Å². The van der Waals surface area contributed by atoms with Gasteiger partial charge in [0.05, 0.1) is 18.4 Å². The number of hydrogen-bond donors (Lipinski definition) is 3. The van der Waals surface area contributed by atoms with Crippen LogP contribution in [-0.4, -0.2) is 29.6 Å². The van der Waals surface area contributed by atoms with Crippen LogP contribution in [0.5, 0.6) is 0 Å². The highest BCUT2D eigenvalue weighted by molar-refractivity contribution is 5.92. The van der Waals surface area contributed by atoms with Crippen molar-refractivity contribution >= 4 is 23.6 Å². The lowest BCUT2D eigenvalue weighted by Crippen LogP contribution is -1.96. The first-order valence-electron chi connectivity index (χ1n) is 6.75. The van der Waals surface area contributed by atoms with Crippen molar-refractivity contribution in [3.8, 4) is 0 Å². The number of hydrogen-bond acceptors (Lipinski definition) is 5. The molecule has 0 saturated heterocycles. The SMILES string of the molecule is CO/C=C(\N=Cc1cccc(C(=O)O)c1)c1ccc(NO)cc1. The van der Waals surface area contributed by atoms with Crippen molar-refractivity contribution in [3.05, 3.63) is 71.5 Å². The molecular weight excluding hydrogens is 296 g/mol. The monoisotopic (exact) mass is 312 g/mol. The summed E-state index contributed by atoms with van der Waals surface area (Å²) in [4.78, 5) is 15.3. The molecule has 0 unspecified atom stereocenters. The summed E-state index contributed by atoms with van der Waals surface area (Å²) in [7, 11) is 1.52. The molecule has 0 amide bonds. The Bertz CT molecular complexity index is 737. The first-order chi connectivity index (χ1) is 11.1. The molecule has 0 aliphatic heterocycles. The van der Waals surface area contributed by atoms with Gasteiger partial charge < -0.3 is 9.84 Å². The van der Waals surface area contributed by atoms with E-state index < -0.39 is 5.97 Å². The third-order valence-corrected chi connectivity index (χ3v) is 3.03. The summed E-state index contributed by atoms with van der Waals surface area (Å²) in [5.74, 6) is -0.986. The van der Waals surface area contributed by atoms with Gasteiger partial charge in [-0.25, -0.2) is 4.79 Å². The maximum atomic E-state index is 11.0. The largest absolute Gasteiger partial charge is 0.502 e. The van der Waals surface area contributed by atoms with Gasteiger partial charge in [-0.1, -0.05) is 24.3 Å². The Morgan fingerprint density at radius 2 is 1.91 bits per heavy atom. The number of ether oxygens (including phenoxy) is 1. The van der Waals surface area contributed by atoms with Gasteiger partial charge in [0.2, 0.25) is 0 Å². The number of aliphatic imine (C=N–C) groups is 1. The van der Waals surface area contributed by atoms with Crippen molar-refractivity contribution in [2.45, 2.75) is 0 Å². The molecule has 0 aliphatic rings. The molecule has 2 aromatic carbocycles. The Hall–Kier alpha value is -3.12. The molecule has 0 aliphatic carbocycles. The van der Waals surface area contributed by atoms with Crippen LogP contribution in [0.3, 0.4) is 0 Å². The molecule has 0 heterocycles. The van der Waals surface area contributed by atoms with E-state index in [0.717, 1.165) is 5.56 Å². The number of benzene rings is 2. The summed E-state index contributed by atoms with van der Waals surface area (Å²) in [6.45, 7) is 0. The van der Waals surface area contributed by atoms with Crippen molar-refractivity contribution in [3.63, 3.8) is 0 Å². The highest BCUT2D eigenvalue weighted by atomic mass is 16.5. The van der Waals surface area contributed by atoms with Crippen molar-refractivity contribution < 1.29 is 19.8 Å². The van der Waals surface area contributed by atoms with E-state index >= 15 is 0 Å². The summed E-state index contributed by atoms with van der Waals surface area (Å²) >= 11 is 0. The summed E-state index contributed by atoms with van der Waals surface area (Å²) in [6, 6.07) is 13.4. The number of aromatic carboxylic acids is 1. The van der Waals surface area contributed by atoms with Gasteiger partial charge in [0.15, 0.2) is 0 Å². The number of carboxylic acids is 1. The van der Waals surface area contributed by atoms with Crippen molar-refractivity contribution in [2.75, 3.05) is 12.6 Å². The molecule has 3 N–H and O–H groups in total. The summed E-state index contributed by atoms with van der Waals surface area (Å²) in [5.41, 5.74) is 4.84. The quantitative estimate of drug-likeness (QED) is 0.433. The molecule has 0 saturated carbocycles. The molecule has 0 aromatic heterocycles. The molecule has 6 heteroatoms. The first kappa shape index (κ1) is 16.3.